The highest BCUT2D eigenvalue weighted by atomic mass is 19.1. The number of halogens is 1. The van der Waals surface area contributed by atoms with Gasteiger partial charge in [-0.05, 0) is 43.4 Å². The number of hydrogen-bond donors (Lipinski definition) is 1. The third-order valence-corrected chi connectivity index (χ3v) is 6.27. The number of carbonyl (C=O) groups is 4. The minimum Gasteiger partial charge on any atom is -0.354 e. The molecule has 1 aromatic rings. The Bertz CT molecular complexity index is 902. The van der Waals surface area contributed by atoms with Gasteiger partial charge in [-0.2, -0.15) is 0 Å². The van der Waals surface area contributed by atoms with E-state index in [1.54, 1.807) is 19.1 Å². The zero-order valence-electron chi connectivity index (χ0n) is 19.4. The monoisotopic (exact) mass is 457 g/mol. The van der Waals surface area contributed by atoms with Crippen molar-refractivity contribution in [3.05, 3.63) is 47.8 Å². The Labute approximate surface area is 194 Å². The first-order valence-electron chi connectivity index (χ1n) is 11.5. The minimum atomic E-state index is -0.766. The van der Waals surface area contributed by atoms with Crippen molar-refractivity contribution in [3.63, 3.8) is 0 Å². The highest BCUT2D eigenvalue weighted by Gasteiger charge is 2.47. The smallest absolute Gasteiger partial charge is 0.242 e. The zero-order valence-corrected chi connectivity index (χ0v) is 19.4. The van der Waals surface area contributed by atoms with E-state index in [0.29, 0.717) is 24.9 Å². The van der Waals surface area contributed by atoms with E-state index in [-0.39, 0.29) is 66.7 Å². The Morgan fingerprint density at radius 2 is 1.64 bits per heavy atom. The van der Waals surface area contributed by atoms with Crippen LogP contribution >= 0.6 is 0 Å². The summed E-state index contributed by atoms with van der Waals surface area (Å²) in [5, 5.41) is 2.84. The number of nitrogens with one attached hydrogen (secondary N) is 1. The molecule has 0 spiro atoms. The molecule has 2 aliphatic rings. The van der Waals surface area contributed by atoms with Crippen LogP contribution < -0.4 is 5.32 Å². The van der Waals surface area contributed by atoms with E-state index in [0.717, 1.165) is 0 Å². The van der Waals surface area contributed by atoms with Gasteiger partial charge in [-0.25, -0.2) is 4.39 Å². The topological polar surface area (TPSA) is 86.8 Å². The molecular weight excluding hydrogens is 425 g/mol. The molecule has 0 aromatic heterocycles. The van der Waals surface area contributed by atoms with Gasteiger partial charge in [0.2, 0.25) is 23.6 Å². The van der Waals surface area contributed by atoms with Crippen molar-refractivity contribution in [2.24, 2.45) is 17.8 Å². The molecule has 0 radical (unpaired) electrons. The van der Waals surface area contributed by atoms with E-state index in [1.165, 1.54) is 21.9 Å². The van der Waals surface area contributed by atoms with Gasteiger partial charge in [-0.1, -0.05) is 38.1 Å². The maximum absolute atomic E-state index is 13.3. The van der Waals surface area contributed by atoms with E-state index in [2.05, 4.69) is 5.32 Å². The molecule has 1 aliphatic heterocycles. The molecular formula is C25H32FN3O4. The van der Waals surface area contributed by atoms with Crippen molar-refractivity contribution in [2.75, 3.05) is 13.1 Å². The third-order valence-electron chi connectivity index (χ3n) is 6.27. The van der Waals surface area contributed by atoms with Gasteiger partial charge >= 0.3 is 0 Å². The SMILES string of the molecule is CC(C)CNC(=O)[C@H](C)N(Cc1ccc(F)cc1)C(=O)CCN1C(=O)[C@H]2CC=CC[C@H]2C1=O. The molecule has 0 bridgehead atoms. The number of amides is 4. The lowest BCUT2D eigenvalue weighted by molar-refractivity contribution is -0.143. The van der Waals surface area contributed by atoms with Crippen LogP contribution in [-0.4, -0.2) is 52.6 Å². The summed E-state index contributed by atoms with van der Waals surface area (Å²) in [6.45, 7) is 6.18. The average molecular weight is 458 g/mol. The Hall–Kier alpha value is -3.03. The minimum absolute atomic E-state index is 0.0102. The summed E-state index contributed by atoms with van der Waals surface area (Å²) in [6.07, 6.45) is 4.85. The fourth-order valence-electron chi connectivity index (χ4n) is 4.26. The average Bonchev–Trinajstić information content (AvgIpc) is 3.04. The maximum atomic E-state index is 13.3. The number of fused-ring (bicyclic) bond motifs is 1. The molecule has 1 saturated heterocycles. The van der Waals surface area contributed by atoms with Gasteiger partial charge in [0.15, 0.2) is 0 Å². The van der Waals surface area contributed by atoms with Crippen LogP contribution in [0.1, 0.15) is 45.6 Å². The molecule has 1 aliphatic carbocycles. The second kappa shape index (κ2) is 10.7. The van der Waals surface area contributed by atoms with Gasteiger partial charge in [-0.3, -0.25) is 24.1 Å². The number of rotatable bonds is 9. The molecule has 33 heavy (non-hydrogen) atoms. The molecule has 4 amide bonds. The maximum Gasteiger partial charge on any atom is 0.242 e. The van der Waals surface area contributed by atoms with Gasteiger partial charge in [0.25, 0.3) is 0 Å². The summed E-state index contributed by atoms with van der Waals surface area (Å²) < 4.78 is 13.3. The standard InChI is InChI=1S/C25H32FN3O4/c1-16(2)14-27-23(31)17(3)29(15-18-8-10-19(26)11-9-18)22(30)12-13-28-24(32)20-6-4-5-7-21(20)25(28)33/h4-5,8-11,16-17,20-21H,6-7,12-15H2,1-3H3,(H,27,31)/t17-,20-,21+/m0/s1. The highest BCUT2D eigenvalue weighted by Crippen LogP contribution is 2.35. The van der Waals surface area contributed by atoms with Crippen molar-refractivity contribution in [3.8, 4) is 0 Å². The van der Waals surface area contributed by atoms with E-state index in [9.17, 15) is 23.6 Å². The molecule has 1 aromatic carbocycles. The molecule has 0 saturated carbocycles. The van der Waals surface area contributed by atoms with E-state index in [4.69, 9.17) is 0 Å². The van der Waals surface area contributed by atoms with Crippen molar-refractivity contribution < 1.29 is 23.6 Å². The second-order valence-corrected chi connectivity index (χ2v) is 9.20. The lowest BCUT2D eigenvalue weighted by Crippen LogP contribution is -2.49. The summed E-state index contributed by atoms with van der Waals surface area (Å²) in [5.41, 5.74) is 0.679. The molecule has 1 N–H and O–H groups in total. The van der Waals surface area contributed by atoms with Gasteiger partial charge in [0, 0.05) is 26.1 Å². The van der Waals surface area contributed by atoms with Crippen LogP contribution in [0.3, 0.4) is 0 Å². The second-order valence-electron chi connectivity index (χ2n) is 9.20. The number of benzene rings is 1. The largest absolute Gasteiger partial charge is 0.354 e. The molecule has 0 unspecified atom stereocenters. The van der Waals surface area contributed by atoms with Crippen LogP contribution in [0.15, 0.2) is 36.4 Å². The molecule has 178 valence electrons. The summed E-state index contributed by atoms with van der Waals surface area (Å²) in [4.78, 5) is 53.9. The van der Waals surface area contributed by atoms with Crippen LogP contribution in [0.2, 0.25) is 0 Å². The van der Waals surface area contributed by atoms with E-state index in [1.807, 2.05) is 26.0 Å². The zero-order chi connectivity index (χ0) is 24.1. The van der Waals surface area contributed by atoms with Crippen LogP contribution in [0, 0.1) is 23.6 Å². The van der Waals surface area contributed by atoms with Crippen molar-refractivity contribution >= 4 is 23.6 Å². The summed E-state index contributed by atoms with van der Waals surface area (Å²) in [7, 11) is 0. The fraction of sp³-hybridized carbons (Fsp3) is 0.520. The number of imide groups is 1. The normalized spacial score (nSPS) is 20.7. The Morgan fingerprint density at radius 1 is 1.06 bits per heavy atom. The van der Waals surface area contributed by atoms with Crippen LogP contribution in [-0.2, 0) is 25.7 Å². The first-order valence-corrected chi connectivity index (χ1v) is 11.5. The number of hydrogen-bond acceptors (Lipinski definition) is 4. The first-order chi connectivity index (χ1) is 15.7. The highest BCUT2D eigenvalue weighted by molar-refractivity contribution is 6.05. The van der Waals surface area contributed by atoms with Gasteiger partial charge < -0.3 is 10.2 Å². The number of carbonyl (C=O) groups excluding carboxylic acids is 4. The lowest BCUT2D eigenvalue weighted by Gasteiger charge is -2.29. The summed E-state index contributed by atoms with van der Waals surface area (Å²) in [6, 6.07) is 4.98. The van der Waals surface area contributed by atoms with Crippen molar-refractivity contribution in [1.29, 1.82) is 0 Å². The predicted octanol–water partition coefficient (Wildman–Crippen LogP) is 2.66. The summed E-state index contributed by atoms with van der Waals surface area (Å²) >= 11 is 0. The lowest BCUT2D eigenvalue weighted by atomic mass is 9.85. The predicted molar refractivity (Wildman–Crippen MR) is 121 cm³/mol. The van der Waals surface area contributed by atoms with Crippen LogP contribution in [0.25, 0.3) is 0 Å². The fourth-order valence-corrected chi connectivity index (χ4v) is 4.26. The third kappa shape index (κ3) is 5.86. The molecule has 3 rings (SSSR count). The summed E-state index contributed by atoms with van der Waals surface area (Å²) in [5.74, 6) is -1.90. The van der Waals surface area contributed by atoms with Gasteiger partial charge in [0.1, 0.15) is 11.9 Å². The Balaban J connectivity index is 1.70. The quantitative estimate of drug-likeness (QED) is 0.456. The Kier molecular flexibility index (Phi) is 8.00. The molecule has 7 nitrogen and oxygen atoms in total. The van der Waals surface area contributed by atoms with Gasteiger partial charge in [0.05, 0.1) is 11.8 Å². The number of likely N-dealkylation sites (tertiary alicyclic amines) is 1. The van der Waals surface area contributed by atoms with Crippen molar-refractivity contribution in [1.82, 2.24) is 15.1 Å². The molecule has 8 heteroatoms. The Morgan fingerprint density at radius 3 is 2.18 bits per heavy atom. The molecule has 1 heterocycles. The van der Waals surface area contributed by atoms with E-state index >= 15 is 0 Å². The van der Waals surface area contributed by atoms with E-state index < -0.39 is 6.04 Å². The van der Waals surface area contributed by atoms with Crippen LogP contribution in [0.5, 0.6) is 0 Å². The first kappa shape index (κ1) is 24.6. The molecule has 1 fully saturated rings. The molecule has 3 atom stereocenters. The number of nitrogens with zero attached hydrogens (tertiary/aromatic N) is 2. The van der Waals surface area contributed by atoms with Gasteiger partial charge in [-0.15, -0.1) is 0 Å². The van der Waals surface area contributed by atoms with Crippen LogP contribution in [0.4, 0.5) is 4.39 Å². The van der Waals surface area contributed by atoms with Crippen molar-refractivity contribution in [2.45, 2.75) is 52.6 Å². The number of allylic oxidation sites excluding steroid dienone is 2.